The van der Waals surface area contributed by atoms with Gasteiger partial charge >= 0.3 is 0 Å². The number of rotatable bonds is 6. The molecule has 1 heterocycles. The molecule has 1 aliphatic rings. The van der Waals surface area contributed by atoms with Gasteiger partial charge in [0.15, 0.2) is 5.96 Å². The van der Waals surface area contributed by atoms with E-state index in [0.717, 1.165) is 25.6 Å². The largest absolute Gasteiger partial charge is 0.492 e. The van der Waals surface area contributed by atoms with Gasteiger partial charge in [0.2, 0.25) is 11.8 Å². The van der Waals surface area contributed by atoms with Crippen LogP contribution in [0.2, 0.25) is 0 Å². The van der Waals surface area contributed by atoms with E-state index in [2.05, 4.69) is 20.5 Å². The van der Waals surface area contributed by atoms with Crippen molar-refractivity contribution in [3.05, 3.63) is 24.3 Å². The SMILES string of the molecule is CCNC(=NCCOc1cccc(NC(C)=O)c1)N1CCN(C(C)=O)CC1. The summed E-state index contributed by atoms with van der Waals surface area (Å²) in [5.74, 6) is 1.54. The summed E-state index contributed by atoms with van der Waals surface area (Å²) >= 11 is 0. The van der Waals surface area contributed by atoms with E-state index in [4.69, 9.17) is 4.74 Å². The van der Waals surface area contributed by atoms with Gasteiger partial charge in [-0.15, -0.1) is 0 Å². The number of anilines is 1. The smallest absolute Gasteiger partial charge is 0.221 e. The van der Waals surface area contributed by atoms with Crippen LogP contribution in [0, 0.1) is 0 Å². The second-order valence-corrected chi connectivity index (χ2v) is 6.29. The fourth-order valence-electron chi connectivity index (χ4n) is 2.84. The van der Waals surface area contributed by atoms with E-state index >= 15 is 0 Å². The minimum atomic E-state index is -0.114. The summed E-state index contributed by atoms with van der Waals surface area (Å²) in [6.45, 7) is 9.81. The van der Waals surface area contributed by atoms with Gasteiger partial charge in [0.25, 0.3) is 0 Å². The first-order valence-corrected chi connectivity index (χ1v) is 9.29. The third-order valence-corrected chi connectivity index (χ3v) is 4.14. The topological polar surface area (TPSA) is 86.3 Å². The van der Waals surface area contributed by atoms with Gasteiger partial charge in [-0.3, -0.25) is 9.59 Å². The highest BCUT2D eigenvalue weighted by atomic mass is 16.5. The summed E-state index contributed by atoms with van der Waals surface area (Å²) in [6, 6.07) is 7.29. The van der Waals surface area contributed by atoms with Crippen LogP contribution in [0.3, 0.4) is 0 Å². The van der Waals surface area contributed by atoms with Crippen molar-refractivity contribution < 1.29 is 14.3 Å². The lowest BCUT2D eigenvalue weighted by atomic mass is 10.3. The van der Waals surface area contributed by atoms with Crippen LogP contribution in [-0.4, -0.2) is 73.4 Å². The number of hydrogen-bond acceptors (Lipinski definition) is 4. The Kier molecular flexibility index (Phi) is 7.91. The Morgan fingerprint density at radius 1 is 1.15 bits per heavy atom. The predicted octanol–water partition coefficient (Wildman–Crippen LogP) is 1.15. The molecule has 27 heavy (non-hydrogen) atoms. The molecule has 1 aromatic rings. The number of nitrogens with one attached hydrogen (secondary N) is 2. The summed E-state index contributed by atoms with van der Waals surface area (Å²) in [4.78, 5) is 31.2. The van der Waals surface area contributed by atoms with Crippen molar-refractivity contribution in [3.63, 3.8) is 0 Å². The van der Waals surface area contributed by atoms with Gasteiger partial charge in [0.05, 0.1) is 6.54 Å². The summed E-state index contributed by atoms with van der Waals surface area (Å²) < 4.78 is 5.74. The standard InChI is InChI=1S/C19H29N5O3/c1-4-20-19(24-11-9-23(10-12-24)16(3)26)21-8-13-27-18-7-5-6-17(14-18)22-15(2)25/h5-7,14H,4,8-13H2,1-3H3,(H,20,21)(H,22,25). The number of guanidine groups is 1. The van der Waals surface area contributed by atoms with Crippen molar-refractivity contribution in [2.75, 3.05) is 51.2 Å². The van der Waals surface area contributed by atoms with Crippen LogP contribution < -0.4 is 15.4 Å². The van der Waals surface area contributed by atoms with Crippen molar-refractivity contribution in [1.29, 1.82) is 0 Å². The fraction of sp³-hybridized carbons (Fsp3) is 0.526. The molecule has 148 valence electrons. The van der Waals surface area contributed by atoms with Crippen molar-refractivity contribution in [3.8, 4) is 5.75 Å². The number of nitrogens with zero attached hydrogens (tertiary/aromatic N) is 3. The maximum Gasteiger partial charge on any atom is 0.221 e. The number of amides is 2. The molecule has 2 rings (SSSR count). The third kappa shape index (κ3) is 6.80. The maximum absolute atomic E-state index is 11.5. The zero-order valence-electron chi connectivity index (χ0n) is 16.3. The Morgan fingerprint density at radius 3 is 2.48 bits per heavy atom. The minimum Gasteiger partial charge on any atom is -0.492 e. The molecule has 0 atom stereocenters. The molecule has 1 aliphatic heterocycles. The lowest BCUT2D eigenvalue weighted by Gasteiger charge is -2.36. The number of aliphatic imine (C=N–C) groups is 1. The molecule has 0 spiro atoms. The van der Waals surface area contributed by atoms with E-state index < -0.39 is 0 Å². The fourth-order valence-corrected chi connectivity index (χ4v) is 2.84. The number of hydrogen-bond donors (Lipinski definition) is 2. The monoisotopic (exact) mass is 375 g/mol. The van der Waals surface area contributed by atoms with E-state index in [0.29, 0.717) is 37.7 Å². The van der Waals surface area contributed by atoms with Gasteiger partial charge in [-0.1, -0.05) is 6.07 Å². The van der Waals surface area contributed by atoms with Crippen molar-refractivity contribution in [2.24, 2.45) is 4.99 Å². The molecule has 8 heteroatoms. The van der Waals surface area contributed by atoms with Crippen LogP contribution in [0.5, 0.6) is 5.75 Å². The third-order valence-electron chi connectivity index (χ3n) is 4.14. The number of ether oxygens (including phenoxy) is 1. The highest BCUT2D eigenvalue weighted by Gasteiger charge is 2.20. The van der Waals surface area contributed by atoms with Gasteiger partial charge in [-0.25, -0.2) is 4.99 Å². The van der Waals surface area contributed by atoms with Crippen LogP contribution >= 0.6 is 0 Å². The van der Waals surface area contributed by atoms with Gasteiger partial charge in [-0.2, -0.15) is 0 Å². The summed E-state index contributed by atoms with van der Waals surface area (Å²) in [6.07, 6.45) is 0. The van der Waals surface area contributed by atoms with E-state index in [1.165, 1.54) is 6.92 Å². The molecule has 0 radical (unpaired) electrons. The molecule has 1 aromatic carbocycles. The Hall–Kier alpha value is -2.77. The molecular weight excluding hydrogens is 346 g/mol. The second kappa shape index (κ2) is 10.4. The predicted molar refractivity (Wildman–Crippen MR) is 106 cm³/mol. The summed E-state index contributed by atoms with van der Waals surface area (Å²) in [7, 11) is 0. The lowest BCUT2D eigenvalue weighted by Crippen LogP contribution is -2.53. The highest BCUT2D eigenvalue weighted by molar-refractivity contribution is 5.88. The maximum atomic E-state index is 11.5. The molecule has 0 unspecified atom stereocenters. The molecule has 0 saturated carbocycles. The van der Waals surface area contributed by atoms with Crippen molar-refractivity contribution >= 4 is 23.5 Å². The number of carbonyl (C=O) groups excluding carboxylic acids is 2. The Bertz CT molecular complexity index is 669. The lowest BCUT2D eigenvalue weighted by molar-refractivity contribution is -0.130. The first kappa shape index (κ1) is 20.5. The molecule has 0 aliphatic carbocycles. The Labute approximate surface area is 160 Å². The first-order valence-electron chi connectivity index (χ1n) is 9.29. The molecule has 2 amide bonds. The number of carbonyl (C=O) groups is 2. The molecule has 0 bridgehead atoms. The molecule has 8 nitrogen and oxygen atoms in total. The average molecular weight is 375 g/mol. The highest BCUT2D eigenvalue weighted by Crippen LogP contribution is 2.17. The van der Waals surface area contributed by atoms with Crippen LogP contribution in [0.25, 0.3) is 0 Å². The zero-order chi connectivity index (χ0) is 19.6. The van der Waals surface area contributed by atoms with Crippen LogP contribution in [-0.2, 0) is 9.59 Å². The van der Waals surface area contributed by atoms with Gasteiger partial charge in [0.1, 0.15) is 12.4 Å². The van der Waals surface area contributed by atoms with Gasteiger partial charge < -0.3 is 25.2 Å². The van der Waals surface area contributed by atoms with Crippen molar-refractivity contribution in [2.45, 2.75) is 20.8 Å². The summed E-state index contributed by atoms with van der Waals surface area (Å²) in [5.41, 5.74) is 0.709. The Morgan fingerprint density at radius 2 is 1.85 bits per heavy atom. The van der Waals surface area contributed by atoms with Gasteiger partial charge in [-0.05, 0) is 19.1 Å². The van der Waals surface area contributed by atoms with Crippen LogP contribution in [0.15, 0.2) is 29.3 Å². The molecule has 1 fully saturated rings. The normalized spacial score (nSPS) is 14.7. The van der Waals surface area contributed by atoms with E-state index in [-0.39, 0.29) is 11.8 Å². The van der Waals surface area contributed by atoms with Gasteiger partial charge in [0, 0.05) is 58.3 Å². The zero-order valence-corrected chi connectivity index (χ0v) is 16.3. The minimum absolute atomic E-state index is 0.114. The van der Waals surface area contributed by atoms with Crippen LogP contribution in [0.4, 0.5) is 5.69 Å². The van der Waals surface area contributed by atoms with Crippen molar-refractivity contribution in [1.82, 2.24) is 15.1 Å². The molecule has 1 saturated heterocycles. The van der Waals surface area contributed by atoms with E-state index in [1.807, 2.05) is 30.0 Å². The number of piperazine rings is 1. The molecular formula is C19H29N5O3. The quantitative estimate of drug-likeness (QED) is 0.443. The second-order valence-electron chi connectivity index (χ2n) is 6.29. The van der Waals surface area contributed by atoms with E-state index in [9.17, 15) is 9.59 Å². The Balaban J connectivity index is 1.85. The first-order chi connectivity index (χ1) is 13.0. The van der Waals surface area contributed by atoms with E-state index in [1.54, 1.807) is 13.0 Å². The van der Waals surface area contributed by atoms with Crippen LogP contribution in [0.1, 0.15) is 20.8 Å². The number of benzene rings is 1. The molecule has 2 N–H and O–H groups in total. The average Bonchev–Trinajstić information content (AvgIpc) is 2.64. The molecule has 0 aromatic heterocycles. The summed E-state index contributed by atoms with van der Waals surface area (Å²) in [5, 5.41) is 6.03.